The Hall–Kier alpha value is -3.98. The molecule has 10 heteroatoms. The lowest BCUT2D eigenvalue weighted by Gasteiger charge is -2.24. The summed E-state index contributed by atoms with van der Waals surface area (Å²) < 4.78 is 1.28. The highest BCUT2D eigenvalue weighted by Gasteiger charge is 2.18. The first-order chi connectivity index (χ1) is 15.2. The van der Waals surface area contributed by atoms with Gasteiger partial charge in [-0.3, -0.25) is 19.9 Å². The van der Waals surface area contributed by atoms with Gasteiger partial charge < -0.3 is 14.8 Å². The Balaban J connectivity index is 1.81. The number of anilines is 2. The first-order valence-corrected chi connectivity index (χ1v) is 9.92. The van der Waals surface area contributed by atoms with Crippen molar-refractivity contribution in [3.8, 4) is 5.75 Å². The van der Waals surface area contributed by atoms with Crippen LogP contribution in [0.3, 0.4) is 0 Å². The maximum atomic E-state index is 12.8. The van der Waals surface area contributed by atoms with Crippen LogP contribution in [0.25, 0.3) is 0 Å². The summed E-state index contributed by atoms with van der Waals surface area (Å²) >= 11 is 6.15. The molecule has 0 bridgehead atoms. The van der Waals surface area contributed by atoms with E-state index in [1.807, 2.05) is 6.92 Å². The third kappa shape index (κ3) is 5.58. The zero-order valence-corrected chi connectivity index (χ0v) is 17.8. The van der Waals surface area contributed by atoms with Gasteiger partial charge in [0.15, 0.2) is 5.69 Å². The minimum Gasteiger partial charge on any atom is -0.505 e. The van der Waals surface area contributed by atoms with Gasteiger partial charge in [-0.1, -0.05) is 47.5 Å². The number of aromatic nitrogens is 1. The zero-order chi connectivity index (χ0) is 23.3. The molecule has 4 N–H and O–H groups in total. The molecule has 0 fully saturated rings. The number of hydrogen-bond acceptors (Lipinski definition) is 5. The minimum absolute atomic E-state index is 0.129. The molecule has 0 unspecified atom stereocenters. The Morgan fingerprint density at radius 3 is 2.44 bits per heavy atom. The van der Waals surface area contributed by atoms with Crippen LogP contribution in [-0.4, -0.2) is 33.3 Å². The molecule has 3 rings (SSSR count). The van der Waals surface area contributed by atoms with E-state index in [-0.39, 0.29) is 12.2 Å². The standard InChI is InChI=1S/C22H21ClN4O5/c1-14-6-8-16(9-7-14)27(13-19(29)30)25-22(32)24-20-18(28)10-11-26(21(20)31)12-15-4-2-3-5-17(15)23/h2-11,28H,12-13H2,1H3,(H,29,30)(H2,24,25,32). The number of pyridine rings is 1. The summed E-state index contributed by atoms with van der Waals surface area (Å²) in [4.78, 5) is 36.6. The minimum atomic E-state index is -1.17. The van der Waals surface area contributed by atoms with E-state index in [1.165, 1.54) is 16.8 Å². The van der Waals surface area contributed by atoms with Gasteiger partial charge in [-0.25, -0.2) is 10.2 Å². The van der Waals surface area contributed by atoms with Gasteiger partial charge in [-0.05, 0) is 36.8 Å². The summed E-state index contributed by atoms with van der Waals surface area (Å²) in [5, 5.41) is 23.2. The summed E-state index contributed by atoms with van der Waals surface area (Å²) in [6.45, 7) is 1.48. The predicted octanol–water partition coefficient (Wildman–Crippen LogP) is 3.19. The molecule has 0 saturated heterocycles. The van der Waals surface area contributed by atoms with E-state index in [1.54, 1.807) is 48.5 Å². The predicted molar refractivity (Wildman–Crippen MR) is 121 cm³/mol. The van der Waals surface area contributed by atoms with Gasteiger partial charge in [0.05, 0.1) is 12.2 Å². The fourth-order valence-corrected chi connectivity index (χ4v) is 3.13. The van der Waals surface area contributed by atoms with Crippen LogP contribution >= 0.6 is 11.6 Å². The smallest absolute Gasteiger partial charge is 0.338 e. The number of aliphatic carboxylic acids is 1. The number of aromatic hydroxyl groups is 1. The number of carboxylic acid groups (broad SMARTS) is 1. The number of nitrogens with one attached hydrogen (secondary N) is 2. The molecule has 1 aromatic heterocycles. The number of rotatable bonds is 7. The van der Waals surface area contributed by atoms with Crippen LogP contribution in [0.5, 0.6) is 5.75 Å². The van der Waals surface area contributed by atoms with Crippen LogP contribution in [0.1, 0.15) is 11.1 Å². The summed E-state index contributed by atoms with van der Waals surface area (Å²) in [5.41, 5.74) is 3.46. The molecule has 32 heavy (non-hydrogen) atoms. The summed E-state index contributed by atoms with van der Waals surface area (Å²) in [5.74, 6) is -1.60. The van der Waals surface area contributed by atoms with E-state index in [0.717, 1.165) is 10.6 Å². The molecule has 0 radical (unpaired) electrons. The number of benzene rings is 2. The number of amides is 2. The average molecular weight is 457 g/mol. The molecule has 0 aliphatic heterocycles. The lowest BCUT2D eigenvalue weighted by Crippen LogP contribution is -2.47. The normalized spacial score (nSPS) is 10.4. The van der Waals surface area contributed by atoms with Crippen molar-refractivity contribution >= 4 is 35.0 Å². The van der Waals surface area contributed by atoms with Crippen LogP contribution in [0, 0.1) is 6.92 Å². The van der Waals surface area contributed by atoms with Crippen molar-refractivity contribution in [2.45, 2.75) is 13.5 Å². The molecule has 2 amide bonds. The highest BCUT2D eigenvalue weighted by Crippen LogP contribution is 2.20. The number of aryl methyl sites for hydroxylation is 1. The number of hydrazine groups is 1. The van der Waals surface area contributed by atoms with E-state index in [0.29, 0.717) is 16.3 Å². The van der Waals surface area contributed by atoms with Crippen LogP contribution in [0.15, 0.2) is 65.6 Å². The van der Waals surface area contributed by atoms with E-state index < -0.39 is 29.9 Å². The molecule has 9 nitrogen and oxygen atoms in total. The molecule has 0 aliphatic carbocycles. The van der Waals surface area contributed by atoms with Gasteiger partial charge in [0, 0.05) is 11.2 Å². The van der Waals surface area contributed by atoms with Gasteiger partial charge in [0.2, 0.25) is 0 Å². The monoisotopic (exact) mass is 456 g/mol. The molecule has 166 valence electrons. The van der Waals surface area contributed by atoms with Crippen molar-refractivity contribution in [2.75, 3.05) is 16.9 Å². The molecular formula is C22H21ClN4O5. The number of hydrogen-bond donors (Lipinski definition) is 4. The Morgan fingerprint density at radius 2 is 1.78 bits per heavy atom. The Kier molecular flexibility index (Phi) is 7.01. The summed E-state index contributed by atoms with van der Waals surface area (Å²) in [6, 6.07) is 14.2. The van der Waals surface area contributed by atoms with Crippen LogP contribution in [0.4, 0.5) is 16.2 Å². The fraction of sp³-hybridized carbons (Fsp3) is 0.136. The second-order valence-corrected chi connectivity index (χ2v) is 7.39. The van der Waals surface area contributed by atoms with Gasteiger partial charge in [0.1, 0.15) is 12.3 Å². The molecule has 0 atom stereocenters. The van der Waals surface area contributed by atoms with E-state index >= 15 is 0 Å². The van der Waals surface area contributed by atoms with Gasteiger partial charge >= 0.3 is 12.0 Å². The van der Waals surface area contributed by atoms with Crippen molar-refractivity contribution in [2.24, 2.45) is 0 Å². The van der Waals surface area contributed by atoms with Crippen molar-refractivity contribution in [1.82, 2.24) is 9.99 Å². The molecular weight excluding hydrogens is 436 g/mol. The Bertz CT molecular complexity index is 1190. The van der Waals surface area contributed by atoms with Gasteiger partial charge in [-0.2, -0.15) is 0 Å². The average Bonchev–Trinajstić information content (AvgIpc) is 2.74. The van der Waals surface area contributed by atoms with Crippen LogP contribution in [0.2, 0.25) is 5.02 Å². The van der Waals surface area contributed by atoms with E-state index in [2.05, 4.69) is 10.7 Å². The SMILES string of the molecule is Cc1ccc(N(CC(=O)O)NC(=O)Nc2c(O)ccn(Cc3ccccc3Cl)c2=O)cc1. The highest BCUT2D eigenvalue weighted by molar-refractivity contribution is 6.31. The lowest BCUT2D eigenvalue weighted by molar-refractivity contribution is -0.135. The quantitative estimate of drug-likeness (QED) is 0.405. The number of carbonyl (C=O) groups is 2. The van der Waals surface area contributed by atoms with Crippen molar-refractivity contribution in [3.05, 3.63) is 87.3 Å². The van der Waals surface area contributed by atoms with Gasteiger partial charge in [0.25, 0.3) is 5.56 Å². The summed E-state index contributed by atoms with van der Waals surface area (Å²) in [7, 11) is 0. The highest BCUT2D eigenvalue weighted by atomic mass is 35.5. The third-order valence-electron chi connectivity index (χ3n) is 4.56. The topological polar surface area (TPSA) is 124 Å². The maximum absolute atomic E-state index is 12.8. The second kappa shape index (κ2) is 9.88. The van der Waals surface area contributed by atoms with Crippen molar-refractivity contribution < 1.29 is 19.8 Å². The van der Waals surface area contributed by atoms with E-state index in [4.69, 9.17) is 11.6 Å². The molecule has 0 aliphatic rings. The number of carboxylic acids is 1. The van der Waals surface area contributed by atoms with Gasteiger partial charge in [-0.15, -0.1) is 0 Å². The Morgan fingerprint density at radius 1 is 1.09 bits per heavy atom. The first kappa shape index (κ1) is 22.7. The van der Waals surface area contributed by atoms with Crippen molar-refractivity contribution in [1.29, 1.82) is 0 Å². The molecule has 0 saturated carbocycles. The second-order valence-electron chi connectivity index (χ2n) is 6.98. The lowest BCUT2D eigenvalue weighted by atomic mass is 10.2. The van der Waals surface area contributed by atoms with Crippen LogP contribution < -0.4 is 21.3 Å². The number of halogens is 1. The first-order valence-electron chi connectivity index (χ1n) is 9.54. The molecule has 1 heterocycles. The number of nitrogens with zero attached hydrogens (tertiary/aromatic N) is 2. The number of carbonyl (C=O) groups excluding carboxylic acids is 1. The number of urea groups is 1. The maximum Gasteiger partial charge on any atom is 0.338 e. The van der Waals surface area contributed by atoms with Crippen LogP contribution in [-0.2, 0) is 11.3 Å². The summed E-state index contributed by atoms with van der Waals surface area (Å²) in [6.07, 6.45) is 1.38. The molecule has 2 aromatic carbocycles. The third-order valence-corrected chi connectivity index (χ3v) is 4.92. The largest absolute Gasteiger partial charge is 0.505 e. The Labute approximate surface area is 188 Å². The fourth-order valence-electron chi connectivity index (χ4n) is 2.94. The zero-order valence-electron chi connectivity index (χ0n) is 17.1. The van der Waals surface area contributed by atoms with E-state index in [9.17, 15) is 24.6 Å². The molecule has 0 spiro atoms. The van der Waals surface area contributed by atoms with Crippen molar-refractivity contribution in [3.63, 3.8) is 0 Å². The molecule has 3 aromatic rings.